The van der Waals surface area contributed by atoms with Crippen molar-refractivity contribution >= 4 is 0 Å². The SMILES string of the molecule is C[C@]12CC[C@H](O)CC1CCC1C2CC[C@]2(C)C=CCC12. The largest absolute Gasteiger partial charge is 0.393 e. The van der Waals surface area contributed by atoms with Gasteiger partial charge < -0.3 is 5.11 Å². The second kappa shape index (κ2) is 4.35. The second-order valence-corrected chi connectivity index (χ2v) is 8.77. The monoisotopic (exact) mass is 274 g/mol. The molecule has 20 heavy (non-hydrogen) atoms. The summed E-state index contributed by atoms with van der Waals surface area (Å²) in [6, 6.07) is 0. The number of fused-ring (bicyclic) bond motifs is 5. The van der Waals surface area contributed by atoms with Gasteiger partial charge in [0, 0.05) is 0 Å². The molecule has 0 spiro atoms. The zero-order chi connectivity index (χ0) is 14.0. The van der Waals surface area contributed by atoms with Gasteiger partial charge in [-0.05, 0) is 85.9 Å². The van der Waals surface area contributed by atoms with Crippen LogP contribution in [0.4, 0.5) is 0 Å². The molecule has 0 heterocycles. The van der Waals surface area contributed by atoms with E-state index in [9.17, 15) is 5.11 Å². The van der Waals surface area contributed by atoms with E-state index in [2.05, 4.69) is 26.0 Å². The predicted octanol–water partition coefficient (Wildman–Crippen LogP) is 4.56. The summed E-state index contributed by atoms with van der Waals surface area (Å²) in [5, 5.41) is 10.0. The van der Waals surface area contributed by atoms with E-state index in [1.165, 1.54) is 38.5 Å². The van der Waals surface area contributed by atoms with Gasteiger partial charge in [0.25, 0.3) is 0 Å². The van der Waals surface area contributed by atoms with Gasteiger partial charge in [0.15, 0.2) is 0 Å². The van der Waals surface area contributed by atoms with Crippen LogP contribution in [0.1, 0.15) is 65.2 Å². The lowest BCUT2D eigenvalue weighted by atomic mass is 9.45. The van der Waals surface area contributed by atoms with E-state index >= 15 is 0 Å². The minimum atomic E-state index is -0.00775. The molecule has 0 aromatic heterocycles. The minimum absolute atomic E-state index is 0.00775. The van der Waals surface area contributed by atoms with E-state index in [-0.39, 0.29) is 6.10 Å². The molecule has 112 valence electrons. The van der Waals surface area contributed by atoms with Gasteiger partial charge in [0.2, 0.25) is 0 Å². The maximum atomic E-state index is 10.0. The number of hydrogen-bond donors (Lipinski definition) is 1. The molecule has 0 aliphatic heterocycles. The zero-order valence-electron chi connectivity index (χ0n) is 13.1. The Balaban J connectivity index is 1.63. The fourth-order valence-corrected chi connectivity index (χ4v) is 6.72. The molecule has 1 N–H and O–H groups in total. The van der Waals surface area contributed by atoms with Gasteiger partial charge >= 0.3 is 0 Å². The number of hydrogen-bond acceptors (Lipinski definition) is 1. The summed E-state index contributed by atoms with van der Waals surface area (Å²) < 4.78 is 0. The van der Waals surface area contributed by atoms with Crippen LogP contribution in [0.25, 0.3) is 0 Å². The van der Waals surface area contributed by atoms with Crippen molar-refractivity contribution in [2.45, 2.75) is 71.3 Å². The quantitative estimate of drug-likeness (QED) is 0.642. The van der Waals surface area contributed by atoms with E-state index in [1.807, 2.05) is 0 Å². The zero-order valence-corrected chi connectivity index (χ0v) is 13.1. The molecule has 0 aromatic rings. The van der Waals surface area contributed by atoms with E-state index in [4.69, 9.17) is 0 Å². The summed E-state index contributed by atoms with van der Waals surface area (Å²) >= 11 is 0. The van der Waals surface area contributed by atoms with E-state index in [0.29, 0.717) is 10.8 Å². The smallest absolute Gasteiger partial charge is 0.0543 e. The molecule has 4 aliphatic rings. The van der Waals surface area contributed by atoms with Crippen molar-refractivity contribution < 1.29 is 5.11 Å². The Morgan fingerprint density at radius 1 is 1.00 bits per heavy atom. The van der Waals surface area contributed by atoms with Crippen molar-refractivity contribution in [3.8, 4) is 0 Å². The lowest BCUT2D eigenvalue weighted by Gasteiger charge is -2.60. The molecular weight excluding hydrogens is 244 g/mol. The van der Waals surface area contributed by atoms with Crippen molar-refractivity contribution in [2.75, 3.05) is 0 Å². The first kappa shape index (κ1) is 13.4. The van der Waals surface area contributed by atoms with Crippen molar-refractivity contribution in [3.05, 3.63) is 12.2 Å². The van der Waals surface area contributed by atoms with E-state index < -0.39 is 0 Å². The highest BCUT2D eigenvalue weighted by molar-refractivity contribution is 5.16. The van der Waals surface area contributed by atoms with Crippen LogP contribution < -0.4 is 0 Å². The minimum Gasteiger partial charge on any atom is -0.393 e. The lowest BCUT2D eigenvalue weighted by Crippen LogP contribution is -2.53. The first-order valence-corrected chi connectivity index (χ1v) is 8.89. The highest BCUT2D eigenvalue weighted by Gasteiger charge is 2.56. The maximum absolute atomic E-state index is 10.0. The topological polar surface area (TPSA) is 20.2 Å². The van der Waals surface area contributed by atoms with Crippen molar-refractivity contribution in [2.24, 2.45) is 34.5 Å². The highest BCUT2D eigenvalue weighted by atomic mass is 16.3. The predicted molar refractivity (Wildman–Crippen MR) is 82.3 cm³/mol. The Labute approximate surface area is 123 Å². The number of allylic oxidation sites excluding steroid dienone is 2. The number of aliphatic hydroxyl groups excluding tert-OH is 1. The van der Waals surface area contributed by atoms with Crippen LogP contribution in [0.3, 0.4) is 0 Å². The Morgan fingerprint density at radius 3 is 2.70 bits per heavy atom. The molecular formula is C19H30O. The molecule has 4 unspecified atom stereocenters. The second-order valence-electron chi connectivity index (χ2n) is 8.77. The molecule has 0 amide bonds. The summed E-state index contributed by atoms with van der Waals surface area (Å²) in [4.78, 5) is 0. The van der Waals surface area contributed by atoms with Gasteiger partial charge in [-0.3, -0.25) is 0 Å². The van der Waals surface area contributed by atoms with Crippen LogP contribution in [-0.2, 0) is 0 Å². The fraction of sp³-hybridized carbons (Fsp3) is 0.895. The van der Waals surface area contributed by atoms with Gasteiger partial charge in [0.1, 0.15) is 0 Å². The average Bonchev–Trinajstić information content (AvgIpc) is 2.81. The molecule has 3 saturated carbocycles. The Morgan fingerprint density at radius 2 is 1.85 bits per heavy atom. The first-order valence-electron chi connectivity index (χ1n) is 8.89. The molecule has 1 nitrogen and oxygen atoms in total. The standard InChI is InChI=1S/C19H30O/c1-18-9-3-4-16(18)15-6-5-13-12-14(20)7-11-19(13,2)17(15)8-10-18/h3,9,13-17,20H,4-8,10-12H2,1-2H3/t13?,14-,15?,16?,17?,18-,19-/m0/s1. The van der Waals surface area contributed by atoms with Crippen molar-refractivity contribution in [1.29, 1.82) is 0 Å². The fourth-order valence-electron chi connectivity index (χ4n) is 6.72. The molecule has 3 fully saturated rings. The van der Waals surface area contributed by atoms with Crippen molar-refractivity contribution in [3.63, 3.8) is 0 Å². The molecule has 0 bridgehead atoms. The summed E-state index contributed by atoms with van der Waals surface area (Å²) in [6.07, 6.45) is 15.4. The summed E-state index contributed by atoms with van der Waals surface area (Å²) in [5.41, 5.74) is 1.05. The number of aliphatic hydroxyl groups is 1. The average molecular weight is 274 g/mol. The molecule has 1 heteroatoms. The summed E-state index contributed by atoms with van der Waals surface area (Å²) in [6.45, 7) is 5.09. The molecule has 0 radical (unpaired) electrons. The van der Waals surface area contributed by atoms with Crippen molar-refractivity contribution in [1.82, 2.24) is 0 Å². The normalized spacial score (nSPS) is 57.9. The van der Waals surface area contributed by atoms with Gasteiger partial charge in [-0.25, -0.2) is 0 Å². The molecule has 7 atom stereocenters. The van der Waals surface area contributed by atoms with Crippen LogP contribution in [0, 0.1) is 34.5 Å². The lowest BCUT2D eigenvalue weighted by molar-refractivity contribution is -0.116. The Bertz CT molecular complexity index is 427. The molecule has 4 aliphatic carbocycles. The van der Waals surface area contributed by atoms with Gasteiger partial charge in [0.05, 0.1) is 6.10 Å². The third-order valence-electron chi connectivity index (χ3n) is 7.96. The van der Waals surface area contributed by atoms with Crippen LogP contribution >= 0.6 is 0 Å². The maximum Gasteiger partial charge on any atom is 0.0543 e. The van der Waals surface area contributed by atoms with E-state index in [1.54, 1.807) is 0 Å². The Kier molecular flexibility index (Phi) is 2.91. The van der Waals surface area contributed by atoms with Crippen LogP contribution in [-0.4, -0.2) is 11.2 Å². The first-order chi connectivity index (χ1) is 9.53. The molecule has 0 saturated heterocycles. The van der Waals surface area contributed by atoms with E-state index in [0.717, 1.165) is 36.5 Å². The number of rotatable bonds is 0. The van der Waals surface area contributed by atoms with Gasteiger partial charge in [-0.1, -0.05) is 26.0 Å². The molecule has 0 aromatic carbocycles. The highest BCUT2D eigenvalue weighted by Crippen LogP contribution is 2.64. The molecule has 4 rings (SSSR count). The summed E-state index contributed by atoms with van der Waals surface area (Å²) in [7, 11) is 0. The van der Waals surface area contributed by atoms with Crippen LogP contribution in [0.15, 0.2) is 12.2 Å². The van der Waals surface area contributed by atoms with Crippen LogP contribution in [0.5, 0.6) is 0 Å². The third-order valence-corrected chi connectivity index (χ3v) is 7.96. The third kappa shape index (κ3) is 1.71. The summed E-state index contributed by atoms with van der Waals surface area (Å²) in [5.74, 6) is 3.61. The van der Waals surface area contributed by atoms with Crippen LogP contribution in [0.2, 0.25) is 0 Å². The van der Waals surface area contributed by atoms with Gasteiger partial charge in [-0.2, -0.15) is 0 Å². The Hall–Kier alpha value is -0.300. The van der Waals surface area contributed by atoms with Gasteiger partial charge in [-0.15, -0.1) is 0 Å².